The highest BCUT2D eigenvalue weighted by Crippen LogP contribution is 2.37. The van der Waals surface area contributed by atoms with Crippen molar-refractivity contribution in [3.05, 3.63) is 36.0 Å². The van der Waals surface area contributed by atoms with E-state index >= 15 is 0 Å². The Morgan fingerprint density at radius 3 is 2.67 bits per heavy atom. The lowest BCUT2D eigenvalue weighted by Crippen LogP contribution is -2.45. The number of hydrogen-bond donors (Lipinski definition) is 4. The van der Waals surface area contributed by atoms with Crippen molar-refractivity contribution >= 4 is 12.1 Å². The van der Waals surface area contributed by atoms with Gasteiger partial charge < -0.3 is 44.4 Å². The van der Waals surface area contributed by atoms with Crippen LogP contribution in [0.25, 0.3) is 0 Å². The van der Waals surface area contributed by atoms with E-state index in [0.29, 0.717) is 31.5 Å². The summed E-state index contributed by atoms with van der Waals surface area (Å²) >= 11 is 0. The van der Waals surface area contributed by atoms with Crippen LogP contribution in [0.3, 0.4) is 0 Å². The third-order valence-electron chi connectivity index (χ3n) is 9.57. The smallest absolute Gasteiger partial charge is 0.410 e. The summed E-state index contributed by atoms with van der Waals surface area (Å²) in [5.41, 5.74) is -1.93. The molecule has 0 bridgehead atoms. The number of aliphatic hydroxyl groups is 4. The van der Waals surface area contributed by atoms with Crippen LogP contribution in [0.1, 0.15) is 80.1 Å². The molecule has 0 aromatic rings. The predicted octanol–water partition coefficient (Wildman–Crippen LogP) is 3.35. The second kappa shape index (κ2) is 16.7. The first kappa shape index (κ1) is 38.2. The van der Waals surface area contributed by atoms with Crippen LogP contribution in [0.4, 0.5) is 4.79 Å². The monoisotopic (exact) mass is 650 g/mol. The molecule has 3 aliphatic rings. The van der Waals surface area contributed by atoms with Crippen molar-refractivity contribution in [3.8, 4) is 0 Å². The first-order valence-corrected chi connectivity index (χ1v) is 16.9. The van der Waals surface area contributed by atoms with E-state index in [1.165, 1.54) is 0 Å². The van der Waals surface area contributed by atoms with E-state index in [4.69, 9.17) is 14.2 Å². The molecule has 4 N–H and O–H groups in total. The number of amides is 1. The van der Waals surface area contributed by atoms with E-state index in [2.05, 4.69) is 4.90 Å². The van der Waals surface area contributed by atoms with E-state index in [1.54, 1.807) is 49.1 Å². The lowest BCUT2D eigenvalue weighted by Gasteiger charge is -2.34. The van der Waals surface area contributed by atoms with Gasteiger partial charge in [-0.3, -0.25) is 4.79 Å². The third kappa shape index (κ3) is 11.5. The van der Waals surface area contributed by atoms with E-state index in [0.717, 1.165) is 19.5 Å². The molecule has 0 spiro atoms. The third-order valence-corrected chi connectivity index (χ3v) is 9.57. The zero-order valence-corrected chi connectivity index (χ0v) is 28.8. The number of allylic oxidation sites excluding steroid dienone is 2. The number of epoxide rings is 1. The fraction of sp³-hybridized carbons (Fsp3) is 0.771. The van der Waals surface area contributed by atoms with Gasteiger partial charge in [-0.1, -0.05) is 45.1 Å². The van der Waals surface area contributed by atoms with Crippen LogP contribution in [0.5, 0.6) is 0 Å². The normalized spacial score (nSPS) is 35.6. The zero-order valence-electron chi connectivity index (χ0n) is 28.8. The molecule has 46 heavy (non-hydrogen) atoms. The van der Waals surface area contributed by atoms with Gasteiger partial charge in [0.15, 0.2) is 6.10 Å². The summed E-state index contributed by atoms with van der Waals surface area (Å²) in [5.74, 6) is -0.943. The van der Waals surface area contributed by atoms with Crippen molar-refractivity contribution in [1.82, 2.24) is 9.80 Å². The maximum Gasteiger partial charge on any atom is 0.410 e. The van der Waals surface area contributed by atoms with Crippen molar-refractivity contribution in [1.29, 1.82) is 0 Å². The summed E-state index contributed by atoms with van der Waals surface area (Å²) in [5, 5.41) is 43.1. The molecule has 0 aromatic heterocycles. The lowest BCUT2D eigenvalue weighted by molar-refractivity contribution is -0.151. The standard InChI is InChI=1S/C35H58N2O9/c1-8-27(39)25(4)32-28(44-32)22-34(5,42)15-9-11-23(2)31-24(3)12-13-29(35(6,43)16-14-26(38)21-30(40)46-31)45-33(41)37-18-10-17-36(7)19-20-37/h9,11-13,15,24-29,31-32,38-39,42-43H,8,10,14,16-22H2,1-7H3/b13-12+,15-9+,23-11+. The number of cyclic esters (lactones) is 1. The molecule has 11 nitrogen and oxygen atoms in total. The van der Waals surface area contributed by atoms with Gasteiger partial charge in [-0.15, -0.1) is 0 Å². The van der Waals surface area contributed by atoms with Crippen molar-refractivity contribution in [2.24, 2.45) is 11.8 Å². The number of carbonyl (C=O) groups is 2. The Morgan fingerprint density at radius 2 is 1.98 bits per heavy atom. The average molecular weight is 651 g/mol. The van der Waals surface area contributed by atoms with Crippen LogP contribution in [-0.2, 0) is 19.0 Å². The van der Waals surface area contributed by atoms with Gasteiger partial charge >= 0.3 is 12.1 Å². The molecule has 2 saturated heterocycles. The summed E-state index contributed by atoms with van der Waals surface area (Å²) in [6.07, 6.45) is 6.56. The fourth-order valence-corrected chi connectivity index (χ4v) is 6.21. The quantitative estimate of drug-likeness (QED) is 0.127. The molecular weight excluding hydrogens is 592 g/mol. The van der Waals surface area contributed by atoms with E-state index in [1.807, 2.05) is 34.7 Å². The van der Waals surface area contributed by atoms with Gasteiger partial charge in [-0.25, -0.2) is 4.79 Å². The molecule has 0 aromatic carbocycles. The molecular formula is C35H58N2O9. The van der Waals surface area contributed by atoms with Gasteiger partial charge in [0.1, 0.15) is 11.7 Å². The number of carbonyl (C=O) groups excluding carboxylic acids is 2. The minimum Gasteiger partial charge on any atom is -0.457 e. The topological polar surface area (TPSA) is 153 Å². The molecule has 3 heterocycles. The highest BCUT2D eigenvalue weighted by Gasteiger charge is 2.47. The van der Waals surface area contributed by atoms with Gasteiger partial charge in [-0.2, -0.15) is 0 Å². The van der Waals surface area contributed by atoms with Crippen molar-refractivity contribution in [2.75, 3.05) is 33.2 Å². The van der Waals surface area contributed by atoms with Crippen LogP contribution < -0.4 is 0 Å². The molecule has 1 amide bonds. The van der Waals surface area contributed by atoms with Crippen molar-refractivity contribution < 1.29 is 44.2 Å². The Morgan fingerprint density at radius 1 is 1.26 bits per heavy atom. The van der Waals surface area contributed by atoms with Crippen molar-refractivity contribution in [3.63, 3.8) is 0 Å². The number of aliphatic hydroxyl groups excluding tert-OH is 2. The molecule has 0 radical (unpaired) electrons. The highest BCUT2D eigenvalue weighted by molar-refractivity contribution is 5.70. The van der Waals surface area contributed by atoms with Crippen LogP contribution in [-0.4, -0.2) is 123 Å². The second-order valence-corrected chi connectivity index (χ2v) is 14.2. The van der Waals surface area contributed by atoms with E-state index in [9.17, 15) is 30.0 Å². The second-order valence-electron chi connectivity index (χ2n) is 14.2. The SMILES string of the molecule is CCC(O)C(C)C1OC1CC(C)(O)/C=C/C=C(\C)C1OC(=O)CC(O)CCC(C)(O)C(OC(=O)N2CCCN(C)CC2)/C=C/C1C. The molecule has 10 atom stereocenters. The lowest BCUT2D eigenvalue weighted by atomic mass is 9.88. The summed E-state index contributed by atoms with van der Waals surface area (Å²) in [6, 6.07) is 0. The van der Waals surface area contributed by atoms with E-state index < -0.39 is 47.7 Å². The summed E-state index contributed by atoms with van der Waals surface area (Å²) in [4.78, 5) is 29.8. The first-order valence-electron chi connectivity index (χ1n) is 16.9. The molecule has 11 heteroatoms. The number of hydrogen-bond acceptors (Lipinski definition) is 10. The van der Waals surface area contributed by atoms with Crippen LogP contribution in [0.2, 0.25) is 0 Å². The molecule has 262 valence electrons. The number of nitrogens with zero attached hydrogens (tertiary/aromatic N) is 2. The Hall–Kier alpha value is -2.28. The van der Waals surface area contributed by atoms with Gasteiger partial charge in [0, 0.05) is 37.9 Å². The Kier molecular flexibility index (Phi) is 13.9. The average Bonchev–Trinajstić information content (AvgIpc) is 3.77. The molecule has 0 aliphatic carbocycles. The van der Waals surface area contributed by atoms with Crippen LogP contribution in [0, 0.1) is 11.8 Å². The van der Waals surface area contributed by atoms with Gasteiger partial charge in [0.2, 0.25) is 0 Å². The van der Waals surface area contributed by atoms with Gasteiger partial charge in [0.05, 0.1) is 36.4 Å². The Balaban J connectivity index is 1.75. The Bertz CT molecular complexity index is 1100. The van der Waals surface area contributed by atoms with Crippen LogP contribution in [0.15, 0.2) is 36.0 Å². The summed E-state index contributed by atoms with van der Waals surface area (Å²) in [7, 11) is 2.01. The minimum atomic E-state index is -1.48. The molecule has 0 saturated carbocycles. The molecule has 2 fully saturated rings. The molecule has 10 unspecified atom stereocenters. The maximum absolute atomic E-state index is 13.2. The fourth-order valence-electron chi connectivity index (χ4n) is 6.21. The van der Waals surface area contributed by atoms with Crippen LogP contribution >= 0.6 is 0 Å². The summed E-state index contributed by atoms with van der Waals surface area (Å²) in [6.45, 7) is 13.6. The highest BCUT2D eigenvalue weighted by atomic mass is 16.6. The molecule has 3 rings (SSSR count). The maximum atomic E-state index is 13.2. The minimum absolute atomic E-state index is 0.0103. The zero-order chi connectivity index (χ0) is 34.2. The number of ether oxygens (including phenoxy) is 3. The number of rotatable bonds is 9. The summed E-state index contributed by atoms with van der Waals surface area (Å²) < 4.78 is 17.5. The van der Waals surface area contributed by atoms with Gasteiger partial charge in [-0.05, 0) is 71.7 Å². The molecule has 3 aliphatic heterocycles. The first-order chi connectivity index (χ1) is 21.5. The Labute approximate surface area is 274 Å². The van der Waals surface area contributed by atoms with Gasteiger partial charge in [0.25, 0.3) is 0 Å². The largest absolute Gasteiger partial charge is 0.457 e. The van der Waals surface area contributed by atoms with E-state index in [-0.39, 0.29) is 43.3 Å². The number of esters is 1. The number of likely N-dealkylation sites (N-methyl/N-ethyl adjacent to an activating group) is 1. The predicted molar refractivity (Wildman–Crippen MR) is 175 cm³/mol. The van der Waals surface area contributed by atoms with Crippen molar-refractivity contribution in [2.45, 2.75) is 128 Å².